The molecule has 2 aliphatic heterocycles. The Hall–Kier alpha value is -6.33. The maximum Gasteiger partial charge on any atom is 0.338 e. The number of anilines is 6. The highest BCUT2D eigenvalue weighted by atomic mass is 16.5. The molecule has 10 rings (SSSR count). The number of hydrogen-bond donors (Lipinski definition) is 0. The first-order valence-electron chi connectivity index (χ1n) is 24.8. The number of nitrogens with zero attached hydrogens (tertiary/aromatic N) is 2. The first-order valence-corrected chi connectivity index (χ1v) is 24.8. The van der Waals surface area contributed by atoms with Crippen LogP contribution in [0.5, 0.6) is 0 Å². The third-order valence-corrected chi connectivity index (χ3v) is 14.7. The van der Waals surface area contributed by atoms with Crippen molar-refractivity contribution in [3.05, 3.63) is 184 Å². The Morgan fingerprint density at radius 3 is 1.46 bits per heavy atom. The molecule has 3 aliphatic rings. The van der Waals surface area contributed by atoms with Crippen LogP contribution < -0.4 is 26.2 Å². The fraction of sp³-hybridized carbons (Fsp3) is 0.317. The van der Waals surface area contributed by atoms with Gasteiger partial charge in [-0.1, -0.05) is 174 Å². The molecule has 0 N–H and O–H groups in total. The number of aryl methyl sites for hydroxylation is 2. The molecule has 0 saturated heterocycles. The summed E-state index contributed by atoms with van der Waals surface area (Å²) in [6, 6.07) is 51.6. The first-order chi connectivity index (χ1) is 32.1. The molecular formula is C63H67BN2O2. The van der Waals surface area contributed by atoms with Gasteiger partial charge < -0.3 is 14.5 Å². The van der Waals surface area contributed by atoms with Crippen molar-refractivity contribution in [1.29, 1.82) is 0 Å². The number of esters is 1. The zero-order valence-corrected chi connectivity index (χ0v) is 42.4. The Morgan fingerprint density at radius 2 is 0.956 bits per heavy atom. The summed E-state index contributed by atoms with van der Waals surface area (Å²) >= 11 is 0. The van der Waals surface area contributed by atoms with E-state index in [1.165, 1.54) is 61.0 Å². The fourth-order valence-electron chi connectivity index (χ4n) is 10.6. The Labute approximate surface area is 406 Å². The topological polar surface area (TPSA) is 32.8 Å². The average molecular weight is 895 g/mol. The molecule has 344 valence electrons. The van der Waals surface area contributed by atoms with E-state index in [2.05, 4.69) is 202 Å². The van der Waals surface area contributed by atoms with Gasteiger partial charge in [0.25, 0.3) is 6.71 Å². The van der Waals surface area contributed by atoms with E-state index in [0.717, 1.165) is 58.8 Å². The molecule has 0 bridgehead atoms. The molecule has 1 aliphatic carbocycles. The van der Waals surface area contributed by atoms with Crippen LogP contribution in [0.15, 0.2) is 140 Å². The second kappa shape index (κ2) is 16.4. The lowest BCUT2D eigenvalue weighted by Gasteiger charge is -2.45. The average Bonchev–Trinajstić information content (AvgIpc) is 3.76. The van der Waals surface area contributed by atoms with Crippen LogP contribution in [0.1, 0.15) is 139 Å². The van der Waals surface area contributed by atoms with E-state index in [1.54, 1.807) is 0 Å². The van der Waals surface area contributed by atoms with Gasteiger partial charge in [0.15, 0.2) is 0 Å². The lowest BCUT2D eigenvalue weighted by Crippen LogP contribution is -2.61. The molecule has 0 saturated carbocycles. The minimum Gasteiger partial charge on any atom is -0.457 e. The van der Waals surface area contributed by atoms with E-state index in [0.29, 0.717) is 5.56 Å². The van der Waals surface area contributed by atoms with Gasteiger partial charge in [0.2, 0.25) is 0 Å². The zero-order valence-electron chi connectivity index (χ0n) is 42.4. The number of benzene rings is 7. The van der Waals surface area contributed by atoms with Crippen LogP contribution in [0.25, 0.3) is 11.1 Å². The number of carbonyl (C=O) groups excluding carboxylic acids is 1. The summed E-state index contributed by atoms with van der Waals surface area (Å²) in [7, 11) is 0. The number of fused-ring (bicyclic) bond motifs is 5. The summed E-state index contributed by atoms with van der Waals surface area (Å²) in [6.45, 7) is 27.8. The van der Waals surface area contributed by atoms with Gasteiger partial charge >= 0.3 is 5.97 Å². The van der Waals surface area contributed by atoms with E-state index in [-0.39, 0.29) is 40.9 Å². The minimum absolute atomic E-state index is 0.0941. The highest BCUT2D eigenvalue weighted by Crippen LogP contribution is 2.49. The molecule has 5 heteroatoms. The van der Waals surface area contributed by atoms with Gasteiger partial charge in [0.1, 0.15) is 6.61 Å². The molecule has 0 atom stereocenters. The Balaban J connectivity index is 1.33. The van der Waals surface area contributed by atoms with Crippen LogP contribution >= 0.6 is 0 Å². The van der Waals surface area contributed by atoms with Crippen LogP contribution in [-0.4, -0.2) is 12.7 Å². The fourth-order valence-corrected chi connectivity index (χ4v) is 10.6. The Kier molecular flexibility index (Phi) is 11.0. The molecule has 0 fully saturated rings. The Morgan fingerprint density at radius 1 is 0.485 bits per heavy atom. The van der Waals surface area contributed by atoms with Crippen LogP contribution in [0, 0.1) is 0 Å². The molecule has 0 unspecified atom stereocenters. The highest BCUT2D eigenvalue weighted by Gasteiger charge is 2.45. The van der Waals surface area contributed by atoms with E-state index in [1.807, 2.05) is 30.3 Å². The molecule has 0 aromatic heterocycles. The molecule has 7 aromatic rings. The van der Waals surface area contributed by atoms with Crippen LogP contribution in [0.2, 0.25) is 0 Å². The third-order valence-electron chi connectivity index (χ3n) is 14.7. The largest absolute Gasteiger partial charge is 0.457 e. The van der Waals surface area contributed by atoms with Gasteiger partial charge in [0.05, 0.1) is 5.56 Å². The summed E-state index contributed by atoms with van der Waals surface area (Å²) in [6.07, 6.45) is 3.29. The summed E-state index contributed by atoms with van der Waals surface area (Å²) < 4.78 is 6.29. The normalized spacial score (nSPS) is 14.3. The summed E-state index contributed by atoms with van der Waals surface area (Å²) in [4.78, 5) is 19.9. The summed E-state index contributed by atoms with van der Waals surface area (Å²) in [5.41, 5.74) is 21.6. The van der Waals surface area contributed by atoms with Crippen molar-refractivity contribution in [1.82, 2.24) is 0 Å². The van der Waals surface area contributed by atoms with Gasteiger partial charge in [-0.25, -0.2) is 4.79 Å². The third kappa shape index (κ3) is 8.26. The molecule has 4 nitrogen and oxygen atoms in total. The van der Waals surface area contributed by atoms with Crippen molar-refractivity contribution in [3.63, 3.8) is 0 Å². The van der Waals surface area contributed by atoms with Gasteiger partial charge in [0, 0.05) is 34.1 Å². The monoisotopic (exact) mass is 895 g/mol. The van der Waals surface area contributed by atoms with Gasteiger partial charge in [-0.05, 0) is 156 Å². The second-order valence-electron chi connectivity index (χ2n) is 23.8. The van der Waals surface area contributed by atoms with Crippen molar-refractivity contribution in [2.24, 2.45) is 0 Å². The van der Waals surface area contributed by atoms with E-state index in [9.17, 15) is 4.79 Å². The molecule has 0 radical (unpaired) electrons. The molecule has 0 amide bonds. The first kappa shape index (κ1) is 45.5. The van der Waals surface area contributed by atoms with E-state index >= 15 is 0 Å². The van der Waals surface area contributed by atoms with Crippen molar-refractivity contribution in [2.45, 2.75) is 131 Å². The minimum atomic E-state index is -0.342. The van der Waals surface area contributed by atoms with Gasteiger partial charge in [-0.15, -0.1) is 0 Å². The predicted molar refractivity (Wildman–Crippen MR) is 288 cm³/mol. The highest BCUT2D eigenvalue weighted by molar-refractivity contribution is 7.00. The van der Waals surface area contributed by atoms with Crippen LogP contribution in [0.4, 0.5) is 34.1 Å². The molecule has 2 heterocycles. The van der Waals surface area contributed by atoms with Crippen molar-refractivity contribution < 1.29 is 9.53 Å². The van der Waals surface area contributed by atoms with Gasteiger partial charge in [-0.2, -0.15) is 0 Å². The second-order valence-corrected chi connectivity index (χ2v) is 23.8. The van der Waals surface area contributed by atoms with Crippen LogP contribution in [0.3, 0.4) is 0 Å². The number of ether oxygens (including phenoxy) is 1. The Bertz CT molecular complexity index is 3040. The van der Waals surface area contributed by atoms with E-state index < -0.39 is 0 Å². The van der Waals surface area contributed by atoms with Crippen molar-refractivity contribution in [2.75, 3.05) is 9.80 Å². The zero-order chi connectivity index (χ0) is 48.1. The smallest absolute Gasteiger partial charge is 0.338 e. The predicted octanol–water partition coefficient (Wildman–Crippen LogP) is 14.5. The molecular weight excluding hydrogens is 828 g/mol. The lowest BCUT2D eigenvalue weighted by atomic mass is 9.33. The lowest BCUT2D eigenvalue weighted by molar-refractivity contribution is 0.0473. The SMILES string of the molecule is CC(C)(C)c1cc(N2c3cc(-c4ccccc4)ccc3B3c4cc5c(cc4N(c4cc(C(C)(C)C)cc(C(C)(C)C)c4)c4cc(C(=O)OCc6ccccc6)cc2c43)CCC5)cc(C(C)(C)C)c1. The molecule has 0 spiro atoms. The summed E-state index contributed by atoms with van der Waals surface area (Å²) in [5, 5.41) is 0. The standard InChI is InChI=1S/C63H67BN2O2/c1-60(2,3)46-33-47(61(4,5)6)36-50(35-46)65-54-30-44(41-22-17-14-18-23-41)26-27-52(54)64-53-28-42-24-19-25-43(42)29-55(53)66(51-37-48(62(7,8)9)34-49(38-51)63(10,11)12)57-32-45(31-56(65)58(57)64)59(67)68-39-40-20-15-13-16-21-40/h13-18,20-23,26-38H,19,24-25,39H2,1-12H3. The molecule has 68 heavy (non-hydrogen) atoms. The number of carbonyl (C=O) groups is 1. The quantitative estimate of drug-likeness (QED) is 0.123. The van der Waals surface area contributed by atoms with Crippen molar-refractivity contribution >= 4 is 63.2 Å². The van der Waals surface area contributed by atoms with Crippen LogP contribution in [-0.2, 0) is 45.8 Å². The number of rotatable bonds is 6. The maximum atomic E-state index is 14.9. The van der Waals surface area contributed by atoms with Crippen molar-refractivity contribution in [3.8, 4) is 11.1 Å². The molecule has 7 aromatic carbocycles. The van der Waals surface area contributed by atoms with E-state index in [4.69, 9.17) is 4.74 Å². The maximum absolute atomic E-state index is 14.9. The van der Waals surface area contributed by atoms with Gasteiger partial charge in [-0.3, -0.25) is 0 Å². The summed E-state index contributed by atoms with van der Waals surface area (Å²) in [5.74, 6) is -0.342. The number of hydrogen-bond acceptors (Lipinski definition) is 4.